The van der Waals surface area contributed by atoms with E-state index in [2.05, 4.69) is 48.6 Å². The van der Waals surface area contributed by atoms with E-state index in [-0.39, 0.29) is 0 Å². The monoisotopic (exact) mass is 261 g/mol. The van der Waals surface area contributed by atoms with Crippen molar-refractivity contribution in [1.29, 1.82) is 0 Å². The van der Waals surface area contributed by atoms with Gasteiger partial charge in [0, 0.05) is 38.4 Å². The Morgan fingerprint density at radius 3 is 2.32 bits per heavy atom. The van der Waals surface area contributed by atoms with Crippen LogP contribution in [0.4, 0.5) is 5.69 Å². The standard InChI is InChI=1S/C16H27N3/c1-19(2)15-10-8-13(9-11-15)16(12-17)18-14-6-4-3-5-7-14/h8-11,14,16,18H,3-7,12,17H2,1-2H3. The van der Waals surface area contributed by atoms with E-state index in [1.165, 1.54) is 43.4 Å². The van der Waals surface area contributed by atoms with Crippen LogP contribution in [0.1, 0.15) is 43.7 Å². The summed E-state index contributed by atoms with van der Waals surface area (Å²) in [4.78, 5) is 2.12. The largest absolute Gasteiger partial charge is 0.378 e. The molecule has 19 heavy (non-hydrogen) atoms. The molecule has 0 aliphatic heterocycles. The van der Waals surface area contributed by atoms with E-state index in [0.29, 0.717) is 18.6 Å². The molecule has 0 spiro atoms. The van der Waals surface area contributed by atoms with Gasteiger partial charge in [0.1, 0.15) is 0 Å². The molecule has 3 heteroatoms. The van der Waals surface area contributed by atoms with Crippen LogP contribution in [0.15, 0.2) is 24.3 Å². The highest BCUT2D eigenvalue weighted by Crippen LogP contribution is 2.22. The van der Waals surface area contributed by atoms with Crippen LogP contribution >= 0.6 is 0 Å². The van der Waals surface area contributed by atoms with Gasteiger partial charge < -0.3 is 16.0 Å². The third kappa shape index (κ3) is 3.95. The number of anilines is 1. The summed E-state index contributed by atoms with van der Waals surface area (Å²) in [5.41, 5.74) is 8.48. The van der Waals surface area contributed by atoms with Gasteiger partial charge in [-0.2, -0.15) is 0 Å². The molecular formula is C16H27N3. The first kappa shape index (κ1) is 14.4. The summed E-state index contributed by atoms with van der Waals surface area (Å²) in [7, 11) is 4.13. The molecule has 2 rings (SSSR count). The smallest absolute Gasteiger partial charge is 0.0446 e. The van der Waals surface area contributed by atoms with Crippen LogP contribution in [0.25, 0.3) is 0 Å². The summed E-state index contributed by atoms with van der Waals surface area (Å²) in [5, 5.41) is 3.73. The second-order valence-corrected chi connectivity index (χ2v) is 5.78. The number of benzene rings is 1. The lowest BCUT2D eigenvalue weighted by Crippen LogP contribution is -2.37. The maximum absolute atomic E-state index is 5.95. The van der Waals surface area contributed by atoms with E-state index in [0.717, 1.165) is 0 Å². The van der Waals surface area contributed by atoms with Gasteiger partial charge in [0.15, 0.2) is 0 Å². The van der Waals surface area contributed by atoms with Crippen molar-refractivity contribution in [2.45, 2.75) is 44.2 Å². The summed E-state index contributed by atoms with van der Waals surface area (Å²) in [5.74, 6) is 0. The molecule has 1 aromatic rings. The molecule has 1 atom stereocenters. The van der Waals surface area contributed by atoms with E-state index >= 15 is 0 Å². The molecular weight excluding hydrogens is 234 g/mol. The molecule has 3 nitrogen and oxygen atoms in total. The molecule has 1 aromatic carbocycles. The van der Waals surface area contributed by atoms with Crippen molar-refractivity contribution in [2.24, 2.45) is 5.73 Å². The molecule has 0 heterocycles. The maximum Gasteiger partial charge on any atom is 0.0446 e. The lowest BCUT2D eigenvalue weighted by molar-refractivity contribution is 0.340. The SMILES string of the molecule is CN(C)c1ccc(C(CN)NC2CCCCC2)cc1. The van der Waals surface area contributed by atoms with Gasteiger partial charge in [-0.15, -0.1) is 0 Å². The number of nitrogens with one attached hydrogen (secondary N) is 1. The summed E-state index contributed by atoms with van der Waals surface area (Å²) in [6.07, 6.45) is 6.70. The Bertz CT molecular complexity index is 366. The fourth-order valence-electron chi connectivity index (χ4n) is 2.86. The van der Waals surface area contributed by atoms with Gasteiger partial charge in [0.2, 0.25) is 0 Å². The van der Waals surface area contributed by atoms with Crippen molar-refractivity contribution in [1.82, 2.24) is 5.32 Å². The Morgan fingerprint density at radius 1 is 1.16 bits per heavy atom. The first-order valence-electron chi connectivity index (χ1n) is 7.44. The number of nitrogens with zero attached hydrogens (tertiary/aromatic N) is 1. The Hall–Kier alpha value is -1.06. The van der Waals surface area contributed by atoms with Crippen LogP contribution in [0.2, 0.25) is 0 Å². The molecule has 1 aliphatic carbocycles. The lowest BCUT2D eigenvalue weighted by Gasteiger charge is -2.28. The summed E-state index contributed by atoms with van der Waals surface area (Å²) in [6.45, 7) is 0.664. The average Bonchev–Trinajstić information content (AvgIpc) is 2.46. The van der Waals surface area contributed by atoms with Crippen molar-refractivity contribution in [2.75, 3.05) is 25.5 Å². The Kier molecular flexibility index (Phi) is 5.23. The van der Waals surface area contributed by atoms with Gasteiger partial charge in [-0.1, -0.05) is 31.4 Å². The predicted octanol–water partition coefficient (Wildman–Crippen LogP) is 2.67. The normalized spacial score (nSPS) is 18.3. The average molecular weight is 261 g/mol. The highest BCUT2D eigenvalue weighted by atomic mass is 15.1. The van der Waals surface area contributed by atoms with Crippen LogP contribution in [-0.4, -0.2) is 26.7 Å². The Morgan fingerprint density at radius 2 is 1.79 bits per heavy atom. The minimum atomic E-state index is 0.291. The number of hydrogen-bond donors (Lipinski definition) is 2. The Balaban J connectivity index is 1.99. The summed E-state index contributed by atoms with van der Waals surface area (Å²) < 4.78 is 0. The molecule has 1 fully saturated rings. The summed E-state index contributed by atoms with van der Waals surface area (Å²) >= 11 is 0. The van der Waals surface area contributed by atoms with Crippen molar-refractivity contribution >= 4 is 5.69 Å². The maximum atomic E-state index is 5.95. The molecule has 1 saturated carbocycles. The molecule has 1 aliphatic rings. The van der Waals surface area contributed by atoms with E-state index in [1.54, 1.807) is 0 Å². The van der Waals surface area contributed by atoms with Crippen LogP contribution in [0.5, 0.6) is 0 Å². The highest BCUT2D eigenvalue weighted by Gasteiger charge is 2.18. The zero-order valence-electron chi connectivity index (χ0n) is 12.2. The molecule has 0 aromatic heterocycles. The second-order valence-electron chi connectivity index (χ2n) is 5.78. The third-order valence-corrected chi connectivity index (χ3v) is 4.09. The van der Waals surface area contributed by atoms with Crippen molar-refractivity contribution < 1.29 is 0 Å². The van der Waals surface area contributed by atoms with E-state index < -0.39 is 0 Å². The molecule has 0 bridgehead atoms. The summed E-state index contributed by atoms with van der Waals surface area (Å²) in [6, 6.07) is 9.67. The Labute approximate surface area is 117 Å². The van der Waals surface area contributed by atoms with E-state index in [4.69, 9.17) is 5.73 Å². The molecule has 1 unspecified atom stereocenters. The quantitative estimate of drug-likeness (QED) is 0.856. The number of nitrogens with two attached hydrogens (primary N) is 1. The zero-order chi connectivity index (χ0) is 13.7. The molecule has 3 N–H and O–H groups in total. The fourth-order valence-corrected chi connectivity index (χ4v) is 2.86. The van der Waals surface area contributed by atoms with E-state index in [9.17, 15) is 0 Å². The van der Waals surface area contributed by atoms with Gasteiger partial charge in [0.05, 0.1) is 0 Å². The first-order chi connectivity index (χ1) is 9.20. The van der Waals surface area contributed by atoms with Crippen LogP contribution in [-0.2, 0) is 0 Å². The van der Waals surface area contributed by atoms with Crippen molar-refractivity contribution in [3.63, 3.8) is 0 Å². The second kappa shape index (κ2) is 6.92. The zero-order valence-corrected chi connectivity index (χ0v) is 12.2. The van der Waals surface area contributed by atoms with Crippen molar-refractivity contribution in [3.05, 3.63) is 29.8 Å². The molecule has 0 amide bonds. The first-order valence-corrected chi connectivity index (χ1v) is 7.44. The fraction of sp³-hybridized carbons (Fsp3) is 0.625. The van der Waals surface area contributed by atoms with Crippen LogP contribution in [0.3, 0.4) is 0 Å². The number of hydrogen-bond acceptors (Lipinski definition) is 3. The van der Waals surface area contributed by atoms with Gasteiger partial charge >= 0.3 is 0 Å². The van der Waals surface area contributed by atoms with Crippen LogP contribution < -0.4 is 16.0 Å². The predicted molar refractivity (Wildman–Crippen MR) is 82.6 cm³/mol. The molecule has 106 valence electrons. The minimum absolute atomic E-state index is 0.291. The molecule has 0 saturated heterocycles. The van der Waals surface area contributed by atoms with Crippen LogP contribution in [0, 0.1) is 0 Å². The van der Waals surface area contributed by atoms with Gasteiger partial charge in [-0.25, -0.2) is 0 Å². The highest BCUT2D eigenvalue weighted by molar-refractivity contribution is 5.46. The topological polar surface area (TPSA) is 41.3 Å². The van der Waals surface area contributed by atoms with Crippen molar-refractivity contribution in [3.8, 4) is 0 Å². The third-order valence-electron chi connectivity index (χ3n) is 4.09. The van der Waals surface area contributed by atoms with E-state index in [1.807, 2.05) is 0 Å². The lowest BCUT2D eigenvalue weighted by atomic mass is 9.94. The van der Waals surface area contributed by atoms with Gasteiger partial charge in [0.25, 0.3) is 0 Å². The van der Waals surface area contributed by atoms with Gasteiger partial charge in [-0.3, -0.25) is 0 Å². The van der Waals surface area contributed by atoms with Gasteiger partial charge in [-0.05, 0) is 30.5 Å². The molecule has 0 radical (unpaired) electrons. The number of rotatable bonds is 5. The minimum Gasteiger partial charge on any atom is -0.378 e.